The van der Waals surface area contributed by atoms with Crippen LogP contribution in [0, 0.1) is 13.8 Å². The lowest BCUT2D eigenvalue weighted by atomic mass is 10.0. The molecule has 1 N–H and O–H groups in total. The third-order valence-electron chi connectivity index (χ3n) is 4.37. The van der Waals surface area contributed by atoms with E-state index in [9.17, 15) is 9.59 Å². The summed E-state index contributed by atoms with van der Waals surface area (Å²) in [4.78, 5) is 28.6. The third kappa shape index (κ3) is 3.94. The molecule has 5 heteroatoms. The summed E-state index contributed by atoms with van der Waals surface area (Å²) in [5, 5.41) is 2.83. The summed E-state index contributed by atoms with van der Waals surface area (Å²) < 4.78 is 1.93. The van der Waals surface area contributed by atoms with Gasteiger partial charge in [0.25, 0.3) is 0 Å². The highest BCUT2D eigenvalue weighted by Gasteiger charge is 2.11. The van der Waals surface area contributed by atoms with Gasteiger partial charge < -0.3 is 9.72 Å². The molecule has 0 unspecified atom stereocenters. The van der Waals surface area contributed by atoms with E-state index in [0.29, 0.717) is 12.1 Å². The highest BCUT2D eigenvalue weighted by Crippen LogP contribution is 2.12. The van der Waals surface area contributed by atoms with Crippen molar-refractivity contribution in [3.8, 4) is 0 Å². The number of hydrogen-bond donors (Lipinski definition) is 1. The number of benzene rings is 1. The maximum atomic E-state index is 12.2. The van der Waals surface area contributed by atoms with E-state index in [1.165, 1.54) is 0 Å². The molecular weight excluding hydrogens is 314 g/mol. The lowest BCUT2D eigenvalue weighted by Gasteiger charge is -2.06. The van der Waals surface area contributed by atoms with Gasteiger partial charge in [-0.3, -0.25) is 9.59 Å². The summed E-state index contributed by atoms with van der Waals surface area (Å²) in [6.07, 6.45) is 4.06. The predicted octanol–water partition coefficient (Wildman–Crippen LogP) is 3.23. The van der Waals surface area contributed by atoms with Crippen LogP contribution in [-0.2, 0) is 11.3 Å². The van der Waals surface area contributed by atoms with Crippen molar-refractivity contribution >= 4 is 17.2 Å². The van der Waals surface area contributed by atoms with Crippen LogP contribution in [0.3, 0.4) is 0 Å². The molecular formula is C20H21N3O2. The number of imidazole rings is 1. The van der Waals surface area contributed by atoms with E-state index < -0.39 is 0 Å². The van der Waals surface area contributed by atoms with Crippen LogP contribution in [0.5, 0.6) is 0 Å². The van der Waals surface area contributed by atoms with Crippen LogP contribution in [0.2, 0.25) is 0 Å². The van der Waals surface area contributed by atoms with Crippen LogP contribution in [0.4, 0.5) is 0 Å². The molecule has 0 saturated carbocycles. The van der Waals surface area contributed by atoms with Crippen LogP contribution >= 0.6 is 0 Å². The Morgan fingerprint density at radius 2 is 1.92 bits per heavy atom. The molecule has 0 spiro atoms. The Balaban J connectivity index is 1.52. The van der Waals surface area contributed by atoms with Crippen molar-refractivity contribution in [3.05, 3.63) is 71.3 Å². The number of pyridine rings is 1. The van der Waals surface area contributed by atoms with E-state index in [-0.39, 0.29) is 24.5 Å². The van der Waals surface area contributed by atoms with Crippen molar-refractivity contribution in [2.24, 2.45) is 0 Å². The van der Waals surface area contributed by atoms with Crippen molar-refractivity contribution in [2.75, 3.05) is 0 Å². The number of aromatic nitrogens is 2. The first kappa shape index (κ1) is 16.9. The molecule has 0 fully saturated rings. The van der Waals surface area contributed by atoms with Gasteiger partial charge in [-0.2, -0.15) is 0 Å². The molecule has 0 aliphatic carbocycles. The summed E-state index contributed by atoms with van der Waals surface area (Å²) in [6, 6.07) is 11.5. The number of fused-ring (bicyclic) bond motifs is 1. The van der Waals surface area contributed by atoms with Crippen LogP contribution in [0.1, 0.15) is 40.2 Å². The van der Waals surface area contributed by atoms with Gasteiger partial charge in [0.1, 0.15) is 5.82 Å². The fourth-order valence-electron chi connectivity index (χ4n) is 2.68. The number of hydrogen-bond acceptors (Lipinski definition) is 3. The third-order valence-corrected chi connectivity index (χ3v) is 4.37. The van der Waals surface area contributed by atoms with Gasteiger partial charge in [0.05, 0.1) is 18.3 Å². The fraction of sp³-hybridized carbons (Fsp3) is 0.250. The Bertz CT molecular complexity index is 928. The SMILES string of the molecule is Cc1ccc(C(=O)CCC(=O)NCc2ncc3ccccn23)cc1C. The van der Waals surface area contributed by atoms with Gasteiger partial charge >= 0.3 is 0 Å². The number of amides is 1. The molecule has 3 aromatic rings. The number of carbonyl (C=O) groups is 2. The second-order valence-corrected chi connectivity index (χ2v) is 6.17. The maximum absolute atomic E-state index is 12.2. The largest absolute Gasteiger partial charge is 0.349 e. The standard InChI is InChI=1S/C20H21N3O2/c1-14-6-7-16(11-15(14)2)18(24)8-9-20(25)22-13-19-21-12-17-5-3-4-10-23(17)19/h3-7,10-12H,8-9,13H2,1-2H3,(H,22,25). The van der Waals surface area contributed by atoms with Gasteiger partial charge in [0, 0.05) is 24.6 Å². The van der Waals surface area contributed by atoms with E-state index in [4.69, 9.17) is 0 Å². The fourth-order valence-corrected chi connectivity index (χ4v) is 2.68. The molecule has 128 valence electrons. The molecule has 2 heterocycles. The minimum Gasteiger partial charge on any atom is -0.349 e. The molecule has 0 bridgehead atoms. The van der Waals surface area contributed by atoms with Gasteiger partial charge in [-0.25, -0.2) is 4.98 Å². The van der Waals surface area contributed by atoms with Crippen molar-refractivity contribution in [2.45, 2.75) is 33.2 Å². The number of Topliss-reactive ketones (excluding diaryl/α,β-unsaturated/α-hetero) is 1. The van der Waals surface area contributed by atoms with E-state index in [1.54, 1.807) is 6.20 Å². The molecule has 0 saturated heterocycles. The van der Waals surface area contributed by atoms with Crippen molar-refractivity contribution < 1.29 is 9.59 Å². The van der Waals surface area contributed by atoms with E-state index in [0.717, 1.165) is 22.5 Å². The lowest BCUT2D eigenvalue weighted by Crippen LogP contribution is -2.24. The van der Waals surface area contributed by atoms with Crippen molar-refractivity contribution in [3.63, 3.8) is 0 Å². The van der Waals surface area contributed by atoms with Crippen LogP contribution in [0.25, 0.3) is 5.52 Å². The minimum absolute atomic E-state index is 0.00971. The Morgan fingerprint density at radius 3 is 2.72 bits per heavy atom. The molecule has 1 aromatic carbocycles. The zero-order valence-corrected chi connectivity index (χ0v) is 14.5. The first-order valence-electron chi connectivity index (χ1n) is 8.33. The average molecular weight is 335 g/mol. The molecule has 1 amide bonds. The van der Waals surface area contributed by atoms with Gasteiger partial charge in [-0.05, 0) is 43.2 Å². The first-order valence-corrected chi connectivity index (χ1v) is 8.33. The zero-order chi connectivity index (χ0) is 17.8. The Labute approximate surface area is 146 Å². The highest BCUT2D eigenvalue weighted by atomic mass is 16.2. The second kappa shape index (κ2) is 7.30. The number of carbonyl (C=O) groups excluding carboxylic acids is 2. The van der Waals surface area contributed by atoms with Gasteiger partial charge in [0.15, 0.2) is 5.78 Å². The number of nitrogens with zero attached hydrogens (tertiary/aromatic N) is 2. The van der Waals surface area contributed by atoms with Crippen LogP contribution in [-0.4, -0.2) is 21.1 Å². The van der Waals surface area contributed by atoms with Gasteiger partial charge in [-0.1, -0.05) is 18.2 Å². The lowest BCUT2D eigenvalue weighted by molar-refractivity contribution is -0.121. The monoisotopic (exact) mass is 335 g/mol. The van der Waals surface area contributed by atoms with Gasteiger partial charge in [-0.15, -0.1) is 0 Å². The zero-order valence-electron chi connectivity index (χ0n) is 14.5. The normalized spacial score (nSPS) is 10.8. The number of rotatable bonds is 6. The Morgan fingerprint density at radius 1 is 1.08 bits per heavy atom. The van der Waals surface area contributed by atoms with Crippen molar-refractivity contribution in [1.82, 2.24) is 14.7 Å². The summed E-state index contributed by atoms with van der Waals surface area (Å²) in [5.41, 5.74) is 3.88. The molecule has 0 atom stereocenters. The number of aryl methyl sites for hydroxylation is 2. The topological polar surface area (TPSA) is 63.5 Å². The van der Waals surface area contributed by atoms with Crippen molar-refractivity contribution in [1.29, 1.82) is 0 Å². The molecule has 2 aromatic heterocycles. The first-order chi connectivity index (χ1) is 12.0. The maximum Gasteiger partial charge on any atom is 0.220 e. The highest BCUT2D eigenvalue weighted by molar-refractivity contribution is 5.98. The molecule has 0 aliphatic rings. The Kier molecular flexibility index (Phi) is 4.93. The van der Waals surface area contributed by atoms with E-state index in [2.05, 4.69) is 10.3 Å². The number of ketones is 1. The predicted molar refractivity (Wildman–Crippen MR) is 96.5 cm³/mol. The summed E-state index contributed by atoms with van der Waals surface area (Å²) in [7, 11) is 0. The quantitative estimate of drug-likeness (QED) is 0.704. The van der Waals surface area contributed by atoms with E-state index in [1.807, 2.05) is 60.8 Å². The molecule has 0 aliphatic heterocycles. The summed E-state index contributed by atoms with van der Waals surface area (Å²) in [6.45, 7) is 4.33. The van der Waals surface area contributed by atoms with Crippen LogP contribution in [0.15, 0.2) is 48.8 Å². The summed E-state index contributed by atoms with van der Waals surface area (Å²) in [5.74, 6) is 0.610. The average Bonchev–Trinajstić information content (AvgIpc) is 3.03. The molecule has 25 heavy (non-hydrogen) atoms. The van der Waals surface area contributed by atoms with Gasteiger partial charge in [0.2, 0.25) is 5.91 Å². The van der Waals surface area contributed by atoms with Crippen LogP contribution < -0.4 is 5.32 Å². The molecule has 0 radical (unpaired) electrons. The molecule has 5 nitrogen and oxygen atoms in total. The minimum atomic E-state index is -0.148. The Hall–Kier alpha value is -2.95. The second-order valence-electron chi connectivity index (χ2n) is 6.17. The van der Waals surface area contributed by atoms with E-state index >= 15 is 0 Å². The smallest absolute Gasteiger partial charge is 0.220 e. The number of nitrogens with one attached hydrogen (secondary N) is 1. The summed E-state index contributed by atoms with van der Waals surface area (Å²) >= 11 is 0. The molecule has 3 rings (SSSR count).